The molecule has 0 fully saturated rings. The highest BCUT2D eigenvalue weighted by molar-refractivity contribution is 6.11. The molecule has 3 unspecified atom stereocenters. The van der Waals surface area contributed by atoms with Crippen LogP contribution in [0.15, 0.2) is 0 Å². The first-order valence-electron chi connectivity index (χ1n) is 6.32. The Balaban J connectivity index is 3.63. The highest BCUT2D eigenvalue weighted by Crippen LogP contribution is 2.23. The first-order chi connectivity index (χ1) is 6.99. The summed E-state index contributed by atoms with van der Waals surface area (Å²) in [5.41, 5.74) is 0. The van der Waals surface area contributed by atoms with Crippen LogP contribution < -0.4 is 0 Å². The number of hydrogen-bond donors (Lipinski definition) is 0. The third-order valence-corrected chi connectivity index (χ3v) is 3.29. The van der Waals surface area contributed by atoms with Crippen molar-refractivity contribution < 1.29 is 4.74 Å². The molecule has 0 N–H and O–H groups in total. The zero-order valence-corrected chi connectivity index (χ0v) is 11.1. The maximum Gasteiger partial charge on any atom is 0.0700 e. The summed E-state index contributed by atoms with van der Waals surface area (Å²) in [6.45, 7) is 12.7. The average Bonchev–Trinajstić information content (AvgIpc) is 2.15. The Morgan fingerprint density at radius 3 is 2.13 bits per heavy atom. The van der Waals surface area contributed by atoms with E-state index >= 15 is 0 Å². The van der Waals surface area contributed by atoms with Crippen molar-refractivity contribution >= 4 is 7.85 Å². The van der Waals surface area contributed by atoms with E-state index in [4.69, 9.17) is 12.6 Å². The molecule has 0 spiro atoms. The van der Waals surface area contributed by atoms with E-state index in [9.17, 15) is 0 Å². The molecule has 0 aromatic heterocycles. The summed E-state index contributed by atoms with van der Waals surface area (Å²) in [6, 6.07) is 0. The van der Waals surface area contributed by atoms with E-state index in [2.05, 4.69) is 34.6 Å². The van der Waals surface area contributed by atoms with Crippen molar-refractivity contribution in [1.29, 1.82) is 0 Å². The summed E-state index contributed by atoms with van der Waals surface area (Å²) >= 11 is 0. The lowest BCUT2D eigenvalue weighted by atomic mass is 9.73. The molecule has 2 heteroatoms. The minimum absolute atomic E-state index is 0.230. The third-order valence-electron chi connectivity index (χ3n) is 3.29. The predicted octanol–water partition coefficient (Wildman–Crippen LogP) is 3.69. The van der Waals surface area contributed by atoms with Crippen molar-refractivity contribution in [2.45, 2.75) is 53.3 Å². The molecule has 0 saturated carbocycles. The molecule has 15 heavy (non-hydrogen) atoms. The fourth-order valence-corrected chi connectivity index (χ4v) is 1.66. The van der Waals surface area contributed by atoms with Crippen LogP contribution in [0.4, 0.5) is 0 Å². The minimum atomic E-state index is 0.230. The Morgan fingerprint density at radius 2 is 1.73 bits per heavy atom. The molecule has 3 atom stereocenters. The summed E-state index contributed by atoms with van der Waals surface area (Å²) in [4.78, 5) is 0. The predicted molar refractivity (Wildman–Crippen MR) is 68.4 cm³/mol. The van der Waals surface area contributed by atoms with E-state index in [1.54, 1.807) is 0 Å². The summed E-state index contributed by atoms with van der Waals surface area (Å²) in [5, 5.41) is 0. The van der Waals surface area contributed by atoms with E-state index in [1.165, 1.54) is 12.8 Å². The molecule has 0 aromatic carbocycles. The van der Waals surface area contributed by atoms with Crippen molar-refractivity contribution in [2.24, 2.45) is 17.8 Å². The smallest absolute Gasteiger partial charge is 0.0700 e. The molecule has 0 rings (SSSR count). The lowest BCUT2D eigenvalue weighted by Gasteiger charge is -2.25. The lowest BCUT2D eigenvalue weighted by molar-refractivity contribution is 0.0735. The van der Waals surface area contributed by atoms with Gasteiger partial charge in [0, 0.05) is 13.2 Å². The van der Waals surface area contributed by atoms with Crippen molar-refractivity contribution in [3.05, 3.63) is 0 Å². The van der Waals surface area contributed by atoms with Crippen molar-refractivity contribution in [1.82, 2.24) is 0 Å². The van der Waals surface area contributed by atoms with Crippen LogP contribution in [0.1, 0.15) is 47.5 Å². The van der Waals surface area contributed by atoms with Gasteiger partial charge >= 0.3 is 0 Å². The zero-order valence-electron chi connectivity index (χ0n) is 11.1. The van der Waals surface area contributed by atoms with Crippen molar-refractivity contribution in [3.8, 4) is 0 Å². The maximum absolute atomic E-state index is 5.93. The highest BCUT2D eigenvalue weighted by atomic mass is 16.5. The van der Waals surface area contributed by atoms with Gasteiger partial charge in [0.2, 0.25) is 0 Å². The second-order valence-electron chi connectivity index (χ2n) is 5.14. The SMILES string of the molecule is [B]C(C)C(COCCC(C)CC)C(C)C. The zero-order chi connectivity index (χ0) is 11.8. The van der Waals surface area contributed by atoms with Crippen LogP contribution in [0.2, 0.25) is 5.82 Å². The quantitative estimate of drug-likeness (QED) is 0.438. The molecule has 88 valence electrons. The van der Waals surface area contributed by atoms with Gasteiger partial charge in [0.05, 0.1) is 7.85 Å². The van der Waals surface area contributed by atoms with Crippen LogP contribution in [-0.4, -0.2) is 21.1 Å². The second-order valence-corrected chi connectivity index (χ2v) is 5.14. The van der Waals surface area contributed by atoms with Gasteiger partial charge in [-0.1, -0.05) is 46.9 Å². The van der Waals surface area contributed by atoms with Crippen LogP contribution in [-0.2, 0) is 4.74 Å². The normalized spacial score (nSPS) is 17.7. The molecule has 0 saturated heterocycles. The molecule has 0 aliphatic carbocycles. The Hall–Kier alpha value is 0.0249. The molecule has 0 heterocycles. The van der Waals surface area contributed by atoms with Crippen LogP contribution >= 0.6 is 0 Å². The van der Waals surface area contributed by atoms with Crippen LogP contribution in [0, 0.1) is 17.8 Å². The van der Waals surface area contributed by atoms with E-state index in [0.29, 0.717) is 11.8 Å². The van der Waals surface area contributed by atoms with E-state index in [0.717, 1.165) is 19.1 Å². The van der Waals surface area contributed by atoms with Gasteiger partial charge in [0.25, 0.3) is 0 Å². The highest BCUT2D eigenvalue weighted by Gasteiger charge is 2.16. The standard InChI is InChI=1S/C13H27BO/c1-6-11(4)7-8-15-9-13(10(2)3)12(5)14/h10-13H,6-9H2,1-5H3. The fourth-order valence-electron chi connectivity index (χ4n) is 1.66. The van der Waals surface area contributed by atoms with E-state index < -0.39 is 0 Å². The summed E-state index contributed by atoms with van der Waals surface area (Å²) in [7, 11) is 5.93. The van der Waals surface area contributed by atoms with Gasteiger partial charge in [0.1, 0.15) is 0 Å². The average molecular weight is 210 g/mol. The number of hydrogen-bond acceptors (Lipinski definition) is 1. The van der Waals surface area contributed by atoms with Gasteiger partial charge in [0.15, 0.2) is 0 Å². The summed E-state index contributed by atoms with van der Waals surface area (Å²) in [5.74, 6) is 2.10. The third kappa shape index (κ3) is 7.00. The second kappa shape index (κ2) is 8.21. The Morgan fingerprint density at radius 1 is 1.13 bits per heavy atom. The van der Waals surface area contributed by atoms with Gasteiger partial charge in [-0.15, -0.1) is 0 Å². The molecule has 2 radical (unpaired) electrons. The first-order valence-corrected chi connectivity index (χ1v) is 6.32. The lowest BCUT2D eigenvalue weighted by Crippen LogP contribution is -2.20. The van der Waals surface area contributed by atoms with Crippen molar-refractivity contribution in [3.63, 3.8) is 0 Å². The van der Waals surface area contributed by atoms with Gasteiger partial charge in [-0.25, -0.2) is 0 Å². The number of rotatable bonds is 8. The minimum Gasteiger partial charge on any atom is -0.381 e. The fraction of sp³-hybridized carbons (Fsp3) is 1.00. The molecular weight excluding hydrogens is 183 g/mol. The van der Waals surface area contributed by atoms with Crippen LogP contribution in [0.25, 0.3) is 0 Å². The first kappa shape index (κ1) is 15.0. The topological polar surface area (TPSA) is 9.23 Å². The number of ether oxygens (including phenoxy) is 1. The molecule has 0 amide bonds. The van der Waals surface area contributed by atoms with Gasteiger partial charge in [-0.2, -0.15) is 0 Å². The molecule has 1 nitrogen and oxygen atoms in total. The molecule has 0 aliphatic rings. The van der Waals surface area contributed by atoms with Gasteiger partial charge in [-0.3, -0.25) is 0 Å². The Bertz CT molecular complexity index is 137. The van der Waals surface area contributed by atoms with Crippen LogP contribution in [0.5, 0.6) is 0 Å². The summed E-state index contributed by atoms with van der Waals surface area (Å²) < 4.78 is 5.71. The Labute approximate surface area is 97.4 Å². The van der Waals surface area contributed by atoms with Gasteiger partial charge < -0.3 is 4.74 Å². The monoisotopic (exact) mass is 210 g/mol. The van der Waals surface area contributed by atoms with E-state index in [1.807, 2.05) is 0 Å². The van der Waals surface area contributed by atoms with Crippen LogP contribution in [0.3, 0.4) is 0 Å². The molecular formula is C13H27BO. The molecule has 0 aromatic rings. The molecule has 0 bridgehead atoms. The van der Waals surface area contributed by atoms with Crippen molar-refractivity contribution in [2.75, 3.05) is 13.2 Å². The Kier molecular flexibility index (Phi) is 8.22. The summed E-state index contributed by atoms with van der Waals surface area (Å²) in [6.07, 6.45) is 2.41. The maximum atomic E-state index is 5.93. The largest absolute Gasteiger partial charge is 0.381 e. The van der Waals surface area contributed by atoms with E-state index in [-0.39, 0.29) is 5.82 Å². The van der Waals surface area contributed by atoms with Gasteiger partial charge in [-0.05, 0) is 24.2 Å². The molecule has 0 aliphatic heterocycles.